The summed E-state index contributed by atoms with van der Waals surface area (Å²) in [7, 11) is 0. The molecule has 0 atom stereocenters. The number of alkyl halides is 12. The van der Waals surface area contributed by atoms with E-state index < -0.39 is 55.8 Å². The molecule has 0 aromatic rings. The Morgan fingerprint density at radius 1 is 0.429 bits per heavy atom. The summed E-state index contributed by atoms with van der Waals surface area (Å²) in [6.45, 7) is 0. The minimum Gasteiger partial charge on any atom is -0.200 e. The summed E-state index contributed by atoms with van der Waals surface area (Å²) in [5, 5.41) is 0. The van der Waals surface area contributed by atoms with Crippen molar-refractivity contribution in [3.05, 3.63) is 0 Å². The summed E-state index contributed by atoms with van der Waals surface area (Å²) in [5.41, 5.74) is 0. The van der Waals surface area contributed by atoms with Crippen molar-refractivity contribution in [3.63, 3.8) is 0 Å². The normalized spacial score (nSPS) is 15.4. The molecule has 0 unspecified atom stereocenters. The quantitative estimate of drug-likeness (QED) is 0.436. The SMILES string of the molecule is FC(F)(F)C(F)(F)CCCCC(F)(F)C(F)(F)C(F)(F)F. The lowest BCUT2D eigenvalue weighted by Crippen LogP contribution is -2.51. The lowest BCUT2D eigenvalue weighted by molar-refractivity contribution is -0.355. The molecule has 0 radical (unpaired) electrons. The topological polar surface area (TPSA) is 0 Å². The summed E-state index contributed by atoms with van der Waals surface area (Å²) in [6.07, 6.45) is -19.3. The maximum Gasteiger partial charge on any atom is 0.459 e. The molecule has 0 fully saturated rings. The maximum atomic E-state index is 12.7. The van der Waals surface area contributed by atoms with Crippen LogP contribution in [0.5, 0.6) is 0 Å². The van der Waals surface area contributed by atoms with Crippen LogP contribution in [0.1, 0.15) is 25.7 Å². The van der Waals surface area contributed by atoms with Crippen molar-refractivity contribution in [2.45, 2.75) is 55.8 Å². The molecule has 0 aliphatic rings. The Morgan fingerprint density at radius 3 is 1.05 bits per heavy atom. The Bertz CT molecular complexity index is 336. The first-order valence-corrected chi connectivity index (χ1v) is 5.22. The highest BCUT2D eigenvalue weighted by Crippen LogP contribution is 2.49. The van der Waals surface area contributed by atoms with Gasteiger partial charge in [-0.05, 0) is 12.8 Å². The molecule has 0 aromatic carbocycles. The molecule has 0 saturated carbocycles. The summed E-state index contributed by atoms with van der Waals surface area (Å²) in [4.78, 5) is 0. The van der Waals surface area contributed by atoms with Crippen molar-refractivity contribution in [3.8, 4) is 0 Å². The Morgan fingerprint density at radius 2 is 0.762 bits per heavy atom. The van der Waals surface area contributed by atoms with Gasteiger partial charge in [-0.1, -0.05) is 0 Å². The zero-order valence-electron chi connectivity index (χ0n) is 9.86. The lowest BCUT2D eigenvalue weighted by Gasteiger charge is -2.28. The van der Waals surface area contributed by atoms with Crippen LogP contribution >= 0.6 is 0 Å². The summed E-state index contributed by atoms with van der Waals surface area (Å²) in [6, 6.07) is 0. The Balaban J connectivity index is 4.55. The van der Waals surface area contributed by atoms with Gasteiger partial charge in [-0.2, -0.15) is 52.7 Å². The molecular formula is C9H8F12. The van der Waals surface area contributed by atoms with Crippen LogP contribution in [-0.4, -0.2) is 30.1 Å². The van der Waals surface area contributed by atoms with E-state index in [2.05, 4.69) is 0 Å². The second-order valence-corrected chi connectivity index (χ2v) is 4.19. The van der Waals surface area contributed by atoms with E-state index in [9.17, 15) is 52.7 Å². The molecule has 0 aliphatic heterocycles. The average molecular weight is 344 g/mol. The van der Waals surface area contributed by atoms with E-state index in [0.717, 1.165) is 0 Å². The van der Waals surface area contributed by atoms with Crippen LogP contribution in [0.2, 0.25) is 0 Å². The van der Waals surface area contributed by atoms with E-state index in [0.29, 0.717) is 0 Å². The molecule has 12 heteroatoms. The molecule has 128 valence electrons. The van der Waals surface area contributed by atoms with Gasteiger partial charge in [0.2, 0.25) is 0 Å². The highest BCUT2D eigenvalue weighted by atomic mass is 19.4. The van der Waals surface area contributed by atoms with Crippen molar-refractivity contribution in [2.24, 2.45) is 0 Å². The standard InChI is InChI=1S/C9H8F12/c10-5(11,7(14,15)9(19,20)21)3-1-2-4-6(12,13)8(16,17)18/h1-4H2. The first-order chi connectivity index (χ1) is 8.96. The largest absolute Gasteiger partial charge is 0.459 e. The average Bonchev–Trinajstić information content (AvgIpc) is 2.21. The van der Waals surface area contributed by atoms with Crippen molar-refractivity contribution in [1.29, 1.82) is 0 Å². The van der Waals surface area contributed by atoms with Crippen molar-refractivity contribution in [2.75, 3.05) is 0 Å². The van der Waals surface area contributed by atoms with Gasteiger partial charge in [0.25, 0.3) is 0 Å². The van der Waals surface area contributed by atoms with Crippen LogP contribution in [-0.2, 0) is 0 Å². The van der Waals surface area contributed by atoms with Gasteiger partial charge < -0.3 is 0 Å². The molecule has 0 aromatic heterocycles. The van der Waals surface area contributed by atoms with Crippen LogP contribution < -0.4 is 0 Å². The minimum atomic E-state index is -6.56. The molecular weight excluding hydrogens is 336 g/mol. The molecule has 0 amide bonds. The number of unbranched alkanes of at least 4 members (excludes halogenated alkanes) is 1. The van der Waals surface area contributed by atoms with E-state index in [-0.39, 0.29) is 0 Å². The Labute approximate surface area is 110 Å². The van der Waals surface area contributed by atoms with Gasteiger partial charge >= 0.3 is 30.1 Å². The van der Waals surface area contributed by atoms with Gasteiger partial charge in [0.05, 0.1) is 0 Å². The maximum absolute atomic E-state index is 12.7. The van der Waals surface area contributed by atoms with Crippen molar-refractivity contribution >= 4 is 0 Å². The fraction of sp³-hybridized carbons (Fsp3) is 1.00. The number of hydrogen-bond acceptors (Lipinski definition) is 0. The second kappa shape index (κ2) is 5.75. The molecule has 0 saturated heterocycles. The minimum absolute atomic E-state index is 1.30. The van der Waals surface area contributed by atoms with E-state index in [4.69, 9.17) is 0 Å². The molecule has 0 rings (SSSR count). The monoisotopic (exact) mass is 344 g/mol. The van der Waals surface area contributed by atoms with E-state index in [1.54, 1.807) is 0 Å². The Kier molecular flexibility index (Phi) is 5.52. The summed E-state index contributed by atoms with van der Waals surface area (Å²) in [5.74, 6) is -17.2. The third-order valence-electron chi connectivity index (χ3n) is 2.46. The highest BCUT2D eigenvalue weighted by Gasteiger charge is 2.72. The Hall–Kier alpha value is -0.840. The van der Waals surface area contributed by atoms with Crippen LogP contribution in [0, 0.1) is 0 Å². The van der Waals surface area contributed by atoms with Gasteiger partial charge in [0.15, 0.2) is 0 Å². The van der Waals surface area contributed by atoms with E-state index >= 15 is 0 Å². The van der Waals surface area contributed by atoms with Gasteiger partial charge in [-0.3, -0.25) is 0 Å². The number of hydrogen-bond donors (Lipinski definition) is 0. The van der Waals surface area contributed by atoms with Gasteiger partial charge in [0.1, 0.15) is 0 Å². The van der Waals surface area contributed by atoms with E-state index in [1.807, 2.05) is 0 Å². The molecule has 0 heterocycles. The highest BCUT2D eigenvalue weighted by molar-refractivity contribution is 4.91. The van der Waals surface area contributed by atoms with Crippen LogP contribution in [0.4, 0.5) is 52.7 Å². The fourth-order valence-corrected chi connectivity index (χ4v) is 1.20. The molecule has 0 N–H and O–H groups in total. The van der Waals surface area contributed by atoms with Gasteiger partial charge in [-0.25, -0.2) is 0 Å². The van der Waals surface area contributed by atoms with Crippen molar-refractivity contribution in [1.82, 2.24) is 0 Å². The van der Waals surface area contributed by atoms with Gasteiger partial charge in [-0.15, -0.1) is 0 Å². The second-order valence-electron chi connectivity index (χ2n) is 4.19. The molecule has 0 nitrogen and oxygen atoms in total. The van der Waals surface area contributed by atoms with Crippen LogP contribution in [0.15, 0.2) is 0 Å². The summed E-state index contributed by atoms with van der Waals surface area (Å²) >= 11 is 0. The smallest absolute Gasteiger partial charge is 0.200 e. The fourth-order valence-electron chi connectivity index (χ4n) is 1.20. The first-order valence-electron chi connectivity index (χ1n) is 5.22. The first kappa shape index (κ1) is 20.2. The predicted octanol–water partition coefficient (Wildman–Crippen LogP) is 5.58. The zero-order chi connectivity index (χ0) is 17.3. The van der Waals surface area contributed by atoms with E-state index in [1.165, 1.54) is 0 Å². The molecule has 21 heavy (non-hydrogen) atoms. The van der Waals surface area contributed by atoms with Crippen LogP contribution in [0.25, 0.3) is 0 Å². The van der Waals surface area contributed by atoms with Crippen LogP contribution in [0.3, 0.4) is 0 Å². The van der Waals surface area contributed by atoms with Gasteiger partial charge in [0, 0.05) is 12.8 Å². The molecule has 0 bridgehead atoms. The third kappa shape index (κ3) is 4.56. The lowest BCUT2D eigenvalue weighted by atomic mass is 10.0. The number of rotatable bonds is 6. The zero-order valence-corrected chi connectivity index (χ0v) is 9.86. The molecule has 0 spiro atoms. The summed E-state index contributed by atoms with van der Waals surface area (Å²) < 4.78 is 145. The number of halogens is 12. The third-order valence-corrected chi connectivity index (χ3v) is 2.46. The van der Waals surface area contributed by atoms with Crippen molar-refractivity contribution < 1.29 is 52.7 Å². The molecule has 0 aliphatic carbocycles. The predicted molar refractivity (Wildman–Crippen MR) is 45.4 cm³/mol.